The molecule has 0 bridgehead atoms. The van der Waals surface area contributed by atoms with E-state index in [-0.39, 0.29) is 24.6 Å². The molecule has 23 heavy (non-hydrogen) atoms. The minimum absolute atomic E-state index is 0.0791. The monoisotopic (exact) mass is 327 g/mol. The van der Waals surface area contributed by atoms with Crippen molar-refractivity contribution in [1.29, 1.82) is 0 Å². The van der Waals surface area contributed by atoms with E-state index in [0.717, 1.165) is 5.56 Å². The number of carbonyl (C=O) groups excluding carboxylic acids is 1. The number of carbonyl (C=O) groups is 2. The van der Waals surface area contributed by atoms with Crippen LogP contribution in [0.3, 0.4) is 0 Å². The van der Waals surface area contributed by atoms with Crippen molar-refractivity contribution < 1.29 is 28.2 Å². The van der Waals surface area contributed by atoms with Crippen LogP contribution in [0.15, 0.2) is 24.3 Å². The van der Waals surface area contributed by atoms with Gasteiger partial charge in [-0.3, -0.25) is 9.59 Å². The molecule has 0 saturated carbocycles. The molecule has 1 saturated heterocycles. The Morgan fingerprint density at radius 3 is 2.61 bits per heavy atom. The van der Waals surface area contributed by atoms with Crippen LogP contribution in [0.4, 0.5) is 8.78 Å². The number of carboxylic acids is 1. The number of nitrogens with zero attached hydrogens (tertiary/aromatic N) is 1. The second-order valence-electron chi connectivity index (χ2n) is 5.54. The fraction of sp³-hybridized carbons (Fsp3) is 0.500. The standard InChI is InChI=1S/C16H19F2NO4/c17-16(18)23-13-6-3-11(4-7-13)5-8-14(20)19-9-1-2-12(10-19)15(21)22/h3-4,6-7,12,16H,1-2,5,8-10H2,(H,21,22). The first-order chi connectivity index (χ1) is 11.0. The van der Waals surface area contributed by atoms with E-state index < -0.39 is 18.5 Å². The number of hydrogen-bond acceptors (Lipinski definition) is 3. The van der Waals surface area contributed by atoms with Gasteiger partial charge in [0.15, 0.2) is 0 Å². The van der Waals surface area contributed by atoms with Crippen LogP contribution in [0, 0.1) is 5.92 Å². The van der Waals surface area contributed by atoms with Crippen molar-refractivity contribution in [3.8, 4) is 5.75 Å². The van der Waals surface area contributed by atoms with Gasteiger partial charge in [-0.2, -0.15) is 8.78 Å². The fourth-order valence-electron chi connectivity index (χ4n) is 2.65. The average molecular weight is 327 g/mol. The van der Waals surface area contributed by atoms with Gasteiger partial charge in [-0.1, -0.05) is 12.1 Å². The molecular formula is C16H19F2NO4. The van der Waals surface area contributed by atoms with Crippen LogP contribution in [0.25, 0.3) is 0 Å². The normalized spacial score (nSPS) is 18.0. The summed E-state index contributed by atoms with van der Waals surface area (Å²) in [6.07, 6.45) is 2.04. The van der Waals surface area contributed by atoms with Crippen molar-refractivity contribution >= 4 is 11.9 Å². The second-order valence-corrected chi connectivity index (χ2v) is 5.54. The first-order valence-corrected chi connectivity index (χ1v) is 7.50. The number of aryl methyl sites for hydroxylation is 1. The lowest BCUT2D eigenvalue weighted by atomic mass is 9.97. The van der Waals surface area contributed by atoms with Gasteiger partial charge in [0.2, 0.25) is 5.91 Å². The Hall–Kier alpha value is -2.18. The van der Waals surface area contributed by atoms with Gasteiger partial charge in [-0.25, -0.2) is 0 Å². The molecular weight excluding hydrogens is 308 g/mol. The Labute approximate surface area is 132 Å². The van der Waals surface area contributed by atoms with Crippen LogP contribution >= 0.6 is 0 Å². The van der Waals surface area contributed by atoms with Crippen molar-refractivity contribution in [3.63, 3.8) is 0 Å². The molecule has 1 amide bonds. The highest BCUT2D eigenvalue weighted by Crippen LogP contribution is 2.19. The molecule has 0 spiro atoms. The number of hydrogen-bond donors (Lipinski definition) is 1. The van der Waals surface area contributed by atoms with Crippen molar-refractivity contribution in [1.82, 2.24) is 4.90 Å². The van der Waals surface area contributed by atoms with Crippen molar-refractivity contribution in [2.24, 2.45) is 5.92 Å². The number of amides is 1. The Kier molecular flexibility index (Phi) is 5.90. The molecule has 1 aromatic rings. The number of piperidine rings is 1. The Morgan fingerprint density at radius 1 is 1.30 bits per heavy atom. The van der Waals surface area contributed by atoms with Gasteiger partial charge < -0.3 is 14.7 Å². The van der Waals surface area contributed by atoms with E-state index in [0.29, 0.717) is 25.8 Å². The molecule has 0 aliphatic carbocycles. The van der Waals surface area contributed by atoms with Crippen LogP contribution in [0.2, 0.25) is 0 Å². The summed E-state index contributed by atoms with van der Waals surface area (Å²) in [5.74, 6) is -1.35. The van der Waals surface area contributed by atoms with E-state index in [4.69, 9.17) is 5.11 Å². The lowest BCUT2D eigenvalue weighted by Crippen LogP contribution is -2.42. The van der Waals surface area contributed by atoms with E-state index in [1.807, 2.05) is 0 Å². The van der Waals surface area contributed by atoms with Gasteiger partial charge in [-0.05, 0) is 37.0 Å². The molecule has 0 aromatic heterocycles. The zero-order valence-corrected chi connectivity index (χ0v) is 12.6. The predicted octanol–water partition coefficient (Wildman–Crippen LogP) is 2.54. The molecule has 1 unspecified atom stereocenters. The van der Waals surface area contributed by atoms with E-state index in [1.54, 1.807) is 17.0 Å². The number of rotatable bonds is 6. The molecule has 126 valence electrons. The predicted molar refractivity (Wildman–Crippen MR) is 78.3 cm³/mol. The number of ether oxygens (including phenoxy) is 1. The van der Waals surface area contributed by atoms with E-state index >= 15 is 0 Å². The summed E-state index contributed by atoms with van der Waals surface area (Å²) in [5.41, 5.74) is 0.840. The smallest absolute Gasteiger partial charge is 0.387 e. The number of likely N-dealkylation sites (tertiary alicyclic amines) is 1. The highest BCUT2D eigenvalue weighted by Gasteiger charge is 2.27. The van der Waals surface area contributed by atoms with Gasteiger partial charge in [0.1, 0.15) is 5.75 Å². The van der Waals surface area contributed by atoms with E-state index in [9.17, 15) is 18.4 Å². The third-order valence-electron chi connectivity index (χ3n) is 3.90. The summed E-state index contributed by atoms with van der Waals surface area (Å²) in [7, 11) is 0. The number of aliphatic carboxylic acids is 1. The summed E-state index contributed by atoms with van der Waals surface area (Å²) in [6, 6.07) is 6.16. The van der Waals surface area contributed by atoms with Gasteiger partial charge >= 0.3 is 12.6 Å². The maximum Gasteiger partial charge on any atom is 0.387 e. The summed E-state index contributed by atoms with van der Waals surface area (Å²) < 4.78 is 28.4. The third kappa shape index (κ3) is 5.19. The van der Waals surface area contributed by atoms with Gasteiger partial charge in [0.05, 0.1) is 5.92 Å². The molecule has 1 heterocycles. The summed E-state index contributed by atoms with van der Waals surface area (Å²) in [6.45, 7) is -2.01. The van der Waals surface area contributed by atoms with Crippen molar-refractivity contribution in [3.05, 3.63) is 29.8 Å². The summed E-state index contributed by atoms with van der Waals surface area (Å²) >= 11 is 0. The zero-order valence-electron chi connectivity index (χ0n) is 12.6. The zero-order chi connectivity index (χ0) is 16.8. The van der Waals surface area contributed by atoms with Crippen LogP contribution in [-0.2, 0) is 16.0 Å². The van der Waals surface area contributed by atoms with Crippen molar-refractivity contribution in [2.45, 2.75) is 32.3 Å². The molecule has 1 aromatic carbocycles. The first-order valence-electron chi connectivity index (χ1n) is 7.50. The van der Waals surface area contributed by atoms with Gasteiger partial charge in [0.25, 0.3) is 0 Å². The number of alkyl halides is 2. The molecule has 7 heteroatoms. The minimum atomic E-state index is -2.86. The third-order valence-corrected chi connectivity index (χ3v) is 3.90. The highest BCUT2D eigenvalue weighted by atomic mass is 19.3. The quantitative estimate of drug-likeness (QED) is 0.872. The van der Waals surface area contributed by atoms with Crippen LogP contribution in [-0.4, -0.2) is 41.6 Å². The van der Waals surface area contributed by atoms with Crippen LogP contribution in [0.1, 0.15) is 24.8 Å². The molecule has 2 rings (SSSR count). The lowest BCUT2D eigenvalue weighted by Gasteiger charge is -2.30. The molecule has 1 atom stereocenters. The maximum atomic E-state index is 12.2. The minimum Gasteiger partial charge on any atom is -0.481 e. The molecule has 1 fully saturated rings. The van der Waals surface area contributed by atoms with Crippen LogP contribution < -0.4 is 4.74 Å². The maximum absolute atomic E-state index is 12.2. The SMILES string of the molecule is O=C(O)C1CCCN(C(=O)CCc2ccc(OC(F)F)cc2)C1. The average Bonchev–Trinajstić information content (AvgIpc) is 2.53. The highest BCUT2D eigenvalue weighted by molar-refractivity contribution is 5.78. The molecule has 1 N–H and O–H groups in total. The topological polar surface area (TPSA) is 66.8 Å². The van der Waals surface area contributed by atoms with Crippen molar-refractivity contribution in [2.75, 3.05) is 13.1 Å². The number of carboxylic acid groups (broad SMARTS) is 1. The molecule has 5 nitrogen and oxygen atoms in total. The second kappa shape index (κ2) is 7.89. The molecule has 1 aliphatic heterocycles. The number of benzene rings is 1. The Balaban J connectivity index is 1.83. The van der Waals surface area contributed by atoms with E-state index in [1.165, 1.54) is 12.1 Å². The summed E-state index contributed by atoms with van der Waals surface area (Å²) in [5, 5.41) is 9.03. The van der Waals surface area contributed by atoms with Gasteiger partial charge in [0, 0.05) is 19.5 Å². The lowest BCUT2D eigenvalue weighted by molar-refractivity contribution is -0.145. The van der Waals surface area contributed by atoms with Crippen LogP contribution in [0.5, 0.6) is 5.75 Å². The Bertz CT molecular complexity index is 548. The largest absolute Gasteiger partial charge is 0.481 e. The number of halogens is 2. The van der Waals surface area contributed by atoms with E-state index in [2.05, 4.69) is 4.74 Å². The summed E-state index contributed by atoms with van der Waals surface area (Å²) in [4.78, 5) is 24.8. The first kappa shape index (κ1) is 17.2. The molecule has 0 radical (unpaired) electrons. The van der Waals surface area contributed by atoms with Gasteiger partial charge in [-0.15, -0.1) is 0 Å². The Morgan fingerprint density at radius 2 is 2.00 bits per heavy atom. The molecule has 1 aliphatic rings. The fourth-order valence-corrected chi connectivity index (χ4v) is 2.65.